The maximum Gasteiger partial charge on any atom is 0.159 e. The Balaban J connectivity index is 1.26. The summed E-state index contributed by atoms with van der Waals surface area (Å²) >= 11 is 0. The minimum Gasteiger partial charge on any atom is -0.454 e. The third kappa shape index (κ3) is 5.97. The van der Waals surface area contributed by atoms with Crippen LogP contribution in [0.4, 0.5) is 34.1 Å². The molecule has 2 aromatic heterocycles. The lowest BCUT2D eigenvalue weighted by Crippen LogP contribution is -2.15. The Morgan fingerprint density at radius 1 is 0.328 bits per heavy atom. The Bertz CT molecular complexity index is 3530. The van der Waals surface area contributed by atoms with Crippen LogP contribution in [0, 0.1) is 0 Å². The summed E-state index contributed by atoms with van der Waals surface area (Å²) in [6.45, 7) is 9.06. The van der Waals surface area contributed by atoms with Gasteiger partial charge < -0.3 is 18.6 Å². The van der Waals surface area contributed by atoms with Gasteiger partial charge >= 0.3 is 0 Å². The number of hydrogen-bond acceptors (Lipinski definition) is 4. The highest BCUT2D eigenvalue weighted by molar-refractivity contribution is 6.27. The Kier molecular flexibility index (Phi) is 8.84. The molecule has 0 amide bonds. The molecule has 12 aromatic rings. The maximum atomic E-state index is 6.89. The van der Waals surface area contributed by atoms with Gasteiger partial charge in [0.05, 0.1) is 22.7 Å². The van der Waals surface area contributed by atoms with Gasteiger partial charge in [-0.25, -0.2) is 0 Å². The summed E-state index contributed by atoms with van der Waals surface area (Å²) in [6.07, 6.45) is 0. The summed E-state index contributed by atoms with van der Waals surface area (Å²) in [5.41, 5.74) is 12.3. The van der Waals surface area contributed by atoms with Gasteiger partial charge in [0.1, 0.15) is 11.2 Å². The molecule has 0 saturated carbocycles. The van der Waals surface area contributed by atoms with Gasteiger partial charge in [0.2, 0.25) is 0 Å². The van der Waals surface area contributed by atoms with E-state index in [0.717, 1.165) is 99.5 Å². The Morgan fingerprint density at radius 3 is 1.14 bits per heavy atom. The fraction of sp³-hybridized carbons (Fsp3) is 0.100. The standard InChI is InChI=1S/C60H46N2O2/c1-37(2)39-19-13-21-43(33-39)61(53-29-15-27-49-45-23-9-11-31-55(45)63-59(49)53)57-47-25-7-8-26-48(47)58(52-36-42-18-6-5-17-41(42)35-51(52)57)62(44-22-14-20-40(34-44)38(3)4)54-30-16-28-50-46-24-10-12-32-56(46)64-60(50)54/h5-38H,1-4H3. The van der Waals surface area contributed by atoms with Crippen LogP contribution in [0.15, 0.2) is 203 Å². The van der Waals surface area contributed by atoms with E-state index in [1.54, 1.807) is 0 Å². The molecule has 0 atom stereocenters. The average Bonchev–Trinajstić information content (AvgIpc) is 3.91. The fourth-order valence-corrected chi connectivity index (χ4v) is 9.94. The second-order valence-corrected chi connectivity index (χ2v) is 17.7. The van der Waals surface area contributed by atoms with Crippen LogP contribution in [-0.2, 0) is 0 Å². The quantitative estimate of drug-likeness (QED) is 0.113. The Hall–Kier alpha value is -7.82. The number of hydrogen-bond donors (Lipinski definition) is 0. The molecule has 0 saturated heterocycles. The molecule has 0 fully saturated rings. The Labute approximate surface area is 372 Å². The van der Waals surface area contributed by atoms with Crippen LogP contribution in [-0.4, -0.2) is 0 Å². The van der Waals surface area contributed by atoms with E-state index in [2.05, 4.69) is 219 Å². The normalized spacial score (nSPS) is 12.0. The molecule has 12 rings (SSSR count). The molecule has 10 aromatic carbocycles. The molecule has 64 heavy (non-hydrogen) atoms. The molecule has 0 aliphatic rings. The van der Waals surface area contributed by atoms with E-state index in [1.807, 2.05) is 12.1 Å². The Morgan fingerprint density at radius 2 is 0.703 bits per heavy atom. The fourth-order valence-electron chi connectivity index (χ4n) is 9.94. The number of benzene rings is 10. The van der Waals surface area contributed by atoms with E-state index in [1.165, 1.54) is 21.9 Å². The summed E-state index contributed by atoms with van der Waals surface area (Å²) in [7, 11) is 0. The van der Waals surface area contributed by atoms with Gasteiger partial charge in [-0.2, -0.15) is 0 Å². The van der Waals surface area contributed by atoms with Crippen LogP contribution >= 0.6 is 0 Å². The summed E-state index contributed by atoms with van der Waals surface area (Å²) in [5.74, 6) is 0.666. The van der Waals surface area contributed by atoms with Gasteiger partial charge in [-0.05, 0) is 94.4 Å². The molecule has 308 valence electrons. The highest BCUT2D eigenvalue weighted by atomic mass is 16.3. The summed E-state index contributed by atoms with van der Waals surface area (Å²) in [6, 6.07) is 70.4. The van der Waals surface area contributed by atoms with E-state index in [-0.39, 0.29) is 0 Å². The van der Waals surface area contributed by atoms with E-state index in [0.29, 0.717) is 11.8 Å². The molecule has 0 radical (unpaired) electrons. The van der Waals surface area contributed by atoms with Crippen molar-refractivity contribution < 1.29 is 8.83 Å². The van der Waals surface area contributed by atoms with Crippen molar-refractivity contribution in [3.63, 3.8) is 0 Å². The van der Waals surface area contributed by atoms with Gasteiger partial charge in [0.15, 0.2) is 11.2 Å². The molecule has 0 N–H and O–H groups in total. The molecule has 0 unspecified atom stereocenters. The van der Waals surface area contributed by atoms with Crippen LogP contribution in [0.5, 0.6) is 0 Å². The van der Waals surface area contributed by atoms with Crippen molar-refractivity contribution in [1.29, 1.82) is 0 Å². The van der Waals surface area contributed by atoms with Crippen LogP contribution < -0.4 is 9.80 Å². The van der Waals surface area contributed by atoms with Gasteiger partial charge in [-0.3, -0.25) is 0 Å². The molecule has 2 heterocycles. The first-order valence-electron chi connectivity index (χ1n) is 22.4. The van der Waals surface area contributed by atoms with Crippen molar-refractivity contribution >= 4 is 110 Å². The van der Waals surface area contributed by atoms with Crippen molar-refractivity contribution in [3.05, 3.63) is 205 Å². The lowest BCUT2D eigenvalue weighted by molar-refractivity contribution is 0.668. The van der Waals surface area contributed by atoms with Crippen molar-refractivity contribution in [2.45, 2.75) is 39.5 Å². The third-order valence-electron chi connectivity index (χ3n) is 13.1. The lowest BCUT2D eigenvalue weighted by Gasteiger charge is -2.33. The first kappa shape index (κ1) is 37.9. The largest absolute Gasteiger partial charge is 0.454 e. The van der Waals surface area contributed by atoms with E-state index in [9.17, 15) is 0 Å². The zero-order chi connectivity index (χ0) is 43.1. The third-order valence-corrected chi connectivity index (χ3v) is 13.1. The van der Waals surface area contributed by atoms with E-state index in [4.69, 9.17) is 8.83 Å². The zero-order valence-electron chi connectivity index (χ0n) is 36.3. The number of fused-ring (bicyclic) bond motifs is 9. The number of anilines is 6. The molecular formula is C60H46N2O2. The first-order chi connectivity index (χ1) is 31.4. The highest BCUT2D eigenvalue weighted by Gasteiger charge is 2.29. The van der Waals surface area contributed by atoms with E-state index < -0.39 is 0 Å². The summed E-state index contributed by atoms with van der Waals surface area (Å²) < 4.78 is 13.8. The molecule has 0 aliphatic carbocycles. The molecule has 4 heteroatoms. The number of furan rings is 2. The maximum absolute atomic E-state index is 6.89. The number of rotatable bonds is 8. The molecule has 4 nitrogen and oxygen atoms in total. The van der Waals surface area contributed by atoms with E-state index >= 15 is 0 Å². The highest BCUT2D eigenvalue weighted by Crippen LogP contribution is 2.54. The molecular weight excluding hydrogens is 781 g/mol. The SMILES string of the molecule is CC(C)c1cccc(N(c2c3ccccc3c(N(c3cccc(C(C)C)c3)c3cccc4c3oc3ccccc34)c3cc4ccccc4cc23)c2cccc3c2oc2ccccc23)c1. The molecule has 0 aliphatic heterocycles. The van der Waals surface area contributed by atoms with Crippen molar-refractivity contribution in [2.24, 2.45) is 0 Å². The average molecular weight is 827 g/mol. The van der Waals surface area contributed by atoms with Crippen LogP contribution in [0.25, 0.3) is 76.2 Å². The summed E-state index contributed by atoms with van der Waals surface area (Å²) in [4.78, 5) is 4.92. The molecule has 0 bridgehead atoms. The van der Waals surface area contributed by atoms with Crippen LogP contribution in [0.3, 0.4) is 0 Å². The monoisotopic (exact) mass is 826 g/mol. The van der Waals surface area contributed by atoms with Crippen molar-refractivity contribution in [2.75, 3.05) is 9.80 Å². The lowest BCUT2D eigenvalue weighted by atomic mass is 9.92. The van der Waals surface area contributed by atoms with Crippen LogP contribution in [0.2, 0.25) is 0 Å². The minimum absolute atomic E-state index is 0.333. The first-order valence-corrected chi connectivity index (χ1v) is 22.4. The van der Waals surface area contributed by atoms with Gasteiger partial charge in [0, 0.05) is 54.5 Å². The van der Waals surface area contributed by atoms with Gasteiger partial charge in [0.25, 0.3) is 0 Å². The summed E-state index contributed by atoms with van der Waals surface area (Å²) in [5, 5.41) is 11.2. The van der Waals surface area contributed by atoms with Crippen molar-refractivity contribution in [1.82, 2.24) is 0 Å². The van der Waals surface area contributed by atoms with Crippen molar-refractivity contribution in [3.8, 4) is 0 Å². The zero-order valence-corrected chi connectivity index (χ0v) is 36.3. The second-order valence-electron chi connectivity index (χ2n) is 17.7. The number of nitrogens with zero attached hydrogens (tertiary/aromatic N) is 2. The second kappa shape index (κ2) is 14.9. The number of para-hydroxylation sites is 4. The predicted octanol–water partition coefficient (Wildman–Crippen LogP) is 18.1. The predicted molar refractivity (Wildman–Crippen MR) is 271 cm³/mol. The smallest absolute Gasteiger partial charge is 0.159 e. The van der Waals surface area contributed by atoms with Gasteiger partial charge in [-0.15, -0.1) is 0 Å². The van der Waals surface area contributed by atoms with Crippen LogP contribution in [0.1, 0.15) is 50.7 Å². The minimum atomic E-state index is 0.333. The molecule has 0 spiro atoms. The topological polar surface area (TPSA) is 32.8 Å². The van der Waals surface area contributed by atoms with Gasteiger partial charge in [-0.1, -0.05) is 161 Å².